The van der Waals surface area contributed by atoms with Crippen molar-refractivity contribution in [2.45, 2.75) is 11.8 Å². The van der Waals surface area contributed by atoms with Crippen LogP contribution in [0.15, 0.2) is 47.4 Å². The Labute approximate surface area is 156 Å². The third-order valence-electron chi connectivity index (χ3n) is 3.41. The van der Waals surface area contributed by atoms with Crippen LogP contribution in [-0.2, 0) is 14.8 Å². The van der Waals surface area contributed by atoms with Gasteiger partial charge in [0, 0.05) is 12.7 Å². The van der Waals surface area contributed by atoms with Crippen molar-refractivity contribution in [3.05, 3.63) is 53.3 Å². The van der Waals surface area contributed by atoms with Gasteiger partial charge in [-0.05, 0) is 49.4 Å². The van der Waals surface area contributed by atoms with Crippen LogP contribution in [0.3, 0.4) is 0 Å². The van der Waals surface area contributed by atoms with Crippen LogP contribution in [0.2, 0.25) is 5.02 Å². The molecule has 0 fully saturated rings. The average Bonchev–Trinajstić information content (AvgIpc) is 2.59. The Balaban J connectivity index is 2.05. The van der Waals surface area contributed by atoms with Crippen molar-refractivity contribution in [1.82, 2.24) is 4.31 Å². The third kappa shape index (κ3) is 4.94. The average molecular weight is 401 g/mol. The summed E-state index contributed by atoms with van der Waals surface area (Å²) in [5, 5.41) is 2.33. The van der Waals surface area contributed by atoms with E-state index < -0.39 is 28.3 Å². The zero-order valence-corrected chi connectivity index (χ0v) is 15.8. The van der Waals surface area contributed by atoms with Crippen LogP contribution in [0.5, 0.6) is 5.75 Å². The minimum atomic E-state index is -3.84. The van der Waals surface area contributed by atoms with Crippen LogP contribution in [0, 0.1) is 5.82 Å². The lowest BCUT2D eigenvalue weighted by molar-refractivity contribution is -0.116. The number of carbonyl (C=O) groups is 1. The van der Waals surface area contributed by atoms with Gasteiger partial charge in [0.2, 0.25) is 15.9 Å². The highest BCUT2D eigenvalue weighted by atomic mass is 35.5. The number of sulfonamides is 1. The normalized spacial score (nSPS) is 11.4. The fourth-order valence-electron chi connectivity index (χ4n) is 2.12. The number of benzene rings is 2. The number of anilines is 1. The molecule has 0 heterocycles. The Hall–Kier alpha value is -2.16. The molecule has 1 N–H and O–H groups in total. The summed E-state index contributed by atoms with van der Waals surface area (Å²) in [7, 11) is -2.55. The van der Waals surface area contributed by atoms with Crippen molar-refractivity contribution >= 4 is 33.2 Å². The van der Waals surface area contributed by atoms with E-state index in [9.17, 15) is 17.6 Å². The van der Waals surface area contributed by atoms with Gasteiger partial charge in [-0.1, -0.05) is 11.6 Å². The quantitative estimate of drug-likeness (QED) is 0.774. The topological polar surface area (TPSA) is 75.7 Å². The first-order valence-corrected chi connectivity index (χ1v) is 9.50. The SMILES string of the molecule is CCOc1ccc(S(=O)(=O)N(C)CC(=O)Nc2ccc(F)c(Cl)c2)cc1. The third-order valence-corrected chi connectivity index (χ3v) is 5.52. The second-order valence-electron chi connectivity index (χ2n) is 5.34. The molecule has 0 saturated heterocycles. The summed E-state index contributed by atoms with van der Waals surface area (Å²) in [6, 6.07) is 9.60. The Bertz CT molecular complexity index is 888. The molecule has 0 spiro atoms. The molecule has 2 aromatic rings. The van der Waals surface area contributed by atoms with Crippen LogP contribution in [0.4, 0.5) is 10.1 Å². The van der Waals surface area contributed by atoms with Crippen molar-refractivity contribution < 1.29 is 22.3 Å². The van der Waals surface area contributed by atoms with Crippen molar-refractivity contribution in [2.75, 3.05) is 25.5 Å². The molecule has 6 nitrogen and oxygen atoms in total. The molecular formula is C17H18ClFN2O4S. The summed E-state index contributed by atoms with van der Waals surface area (Å²) in [6.45, 7) is 1.88. The van der Waals surface area contributed by atoms with Crippen molar-refractivity contribution in [3.63, 3.8) is 0 Å². The molecule has 140 valence electrons. The Morgan fingerprint density at radius 3 is 2.46 bits per heavy atom. The minimum Gasteiger partial charge on any atom is -0.494 e. The van der Waals surface area contributed by atoms with Crippen molar-refractivity contribution in [1.29, 1.82) is 0 Å². The lowest BCUT2D eigenvalue weighted by Crippen LogP contribution is -2.34. The smallest absolute Gasteiger partial charge is 0.243 e. The zero-order chi connectivity index (χ0) is 19.3. The van der Waals surface area contributed by atoms with Gasteiger partial charge < -0.3 is 10.1 Å². The fraction of sp³-hybridized carbons (Fsp3) is 0.235. The van der Waals surface area contributed by atoms with Crippen LogP contribution in [0.25, 0.3) is 0 Å². The molecule has 9 heteroatoms. The number of hydrogen-bond donors (Lipinski definition) is 1. The number of nitrogens with zero attached hydrogens (tertiary/aromatic N) is 1. The fourth-order valence-corrected chi connectivity index (χ4v) is 3.42. The molecule has 0 aromatic heterocycles. The number of nitrogens with one attached hydrogen (secondary N) is 1. The highest BCUT2D eigenvalue weighted by Gasteiger charge is 2.23. The largest absolute Gasteiger partial charge is 0.494 e. The van der Waals surface area contributed by atoms with Gasteiger partial charge in [0.1, 0.15) is 11.6 Å². The van der Waals surface area contributed by atoms with Crippen LogP contribution in [0.1, 0.15) is 6.92 Å². The molecule has 26 heavy (non-hydrogen) atoms. The molecule has 0 aliphatic rings. The van der Waals surface area contributed by atoms with E-state index >= 15 is 0 Å². The Kier molecular flexibility index (Phi) is 6.57. The number of ether oxygens (including phenoxy) is 1. The summed E-state index contributed by atoms with van der Waals surface area (Å²) in [4.78, 5) is 12.1. The molecule has 0 radical (unpaired) electrons. The maximum absolute atomic E-state index is 13.1. The van der Waals surface area contributed by atoms with Gasteiger partial charge in [0.25, 0.3) is 0 Å². The van der Waals surface area contributed by atoms with Gasteiger partial charge in [0.05, 0.1) is 23.1 Å². The maximum atomic E-state index is 13.1. The summed E-state index contributed by atoms with van der Waals surface area (Å²) in [5.41, 5.74) is 0.272. The molecule has 1 amide bonds. The lowest BCUT2D eigenvalue weighted by atomic mass is 10.3. The summed E-state index contributed by atoms with van der Waals surface area (Å²) in [6.07, 6.45) is 0. The first kappa shape index (κ1) is 20.2. The van der Waals surface area contributed by atoms with Gasteiger partial charge in [-0.25, -0.2) is 12.8 Å². The summed E-state index contributed by atoms with van der Waals surface area (Å²) >= 11 is 5.65. The van der Waals surface area contributed by atoms with E-state index in [1.54, 1.807) is 12.1 Å². The number of halogens is 2. The minimum absolute atomic E-state index is 0.0427. The number of amides is 1. The predicted octanol–water partition coefficient (Wildman–Crippen LogP) is 3.14. The standard InChI is InChI=1S/C17H18ClFN2O4S/c1-3-25-13-5-7-14(8-6-13)26(23,24)21(2)11-17(22)20-12-4-9-16(19)15(18)10-12/h4-10H,3,11H2,1-2H3,(H,20,22). The van der Waals surface area contributed by atoms with Gasteiger partial charge >= 0.3 is 0 Å². The number of rotatable bonds is 7. The van der Waals surface area contributed by atoms with E-state index in [-0.39, 0.29) is 15.6 Å². The van der Waals surface area contributed by atoms with Gasteiger partial charge in [-0.2, -0.15) is 4.31 Å². The summed E-state index contributed by atoms with van der Waals surface area (Å²) in [5.74, 6) is -0.635. The van der Waals surface area contributed by atoms with Crippen LogP contribution >= 0.6 is 11.6 Å². The first-order chi connectivity index (χ1) is 12.2. The van der Waals surface area contributed by atoms with E-state index in [0.29, 0.717) is 12.4 Å². The number of hydrogen-bond acceptors (Lipinski definition) is 4. The van der Waals surface area contributed by atoms with Crippen molar-refractivity contribution in [3.8, 4) is 5.75 Å². The van der Waals surface area contributed by atoms with Gasteiger partial charge in [-0.3, -0.25) is 4.79 Å². The first-order valence-electron chi connectivity index (χ1n) is 7.68. The second-order valence-corrected chi connectivity index (χ2v) is 7.79. The molecule has 0 aliphatic carbocycles. The molecule has 0 unspecified atom stereocenters. The number of likely N-dealkylation sites (N-methyl/N-ethyl adjacent to an activating group) is 1. The Morgan fingerprint density at radius 2 is 1.88 bits per heavy atom. The molecule has 0 atom stereocenters. The van der Waals surface area contributed by atoms with Crippen LogP contribution in [-0.4, -0.2) is 38.8 Å². The molecular weight excluding hydrogens is 383 g/mol. The molecule has 0 bridgehead atoms. The maximum Gasteiger partial charge on any atom is 0.243 e. The lowest BCUT2D eigenvalue weighted by Gasteiger charge is -2.17. The highest BCUT2D eigenvalue weighted by Crippen LogP contribution is 2.20. The predicted molar refractivity (Wildman–Crippen MR) is 97.5 cm³/mol. The van der Waals surface area contributed by atoms with Gasteiger partial charge in [0.15, 0.2) is 0 Å². The molecule has 2 rings (SSSR count). The zero-order valence-electron chi connectivity index (χ0n) is 14.2. The van der Waals surface area contributed by atoms with E-state index in [4.69, 9.17) is 16.3 Å². The van der Waals surface area contributed by atoms with Gasteiger partial charge in [-0.15, -0.1) is 0 Å². The van der Waals surface area contributed by atoms with E-state index in [2.05, 4.69) is 5.32 Å². The van der Waals surface area contributed by atoms with E-state index in [1.165, 1.54) is 31.3 Å². The number of carbonyl (C=O) groups excluding carboxylic acids is 1. The molecule has 0 aliphatic heterocycles. The monoisotopic (exact) mass is 400 g/mol. The second kappa shape index (κ2) is 8.48. The van der Waals surface area contributed by atoms with E-state index in [1.807, 2.05) is 6.92 Å². The van der Waals surface area contributed by atoms with E-state index in [0.717, 1.165) is 10.4 Å². The van der Waals surface area contributed by atoms with Crippen LogP contribution < -0.4 is 10.1 Å². The summed E-state index contributed by atoms with van der Waals surface area (Å²) < 4.78 is 44.4. The molecule has 2 aromatic carbocycles. The highest BCUT2D eigenvalue weighted by molar-refractivity contribution is 7.89. The Morgan fingerprint density at radius 1 is 1.23 bits per heavy atom. The van der Waals surface area contributed by atoms with Crippen molar-refractivity contribution in [2.24, 2.45) is 0 Å². The molecule has 0 saturated carbocycles.